The number of rotatable bonds is 2. The lowest BCUT2D eigenvalue weighted by molar-refractivity contribution is -0.117. The first-order valence-electron chi connectivity index (χ1n) is 7.89. The van der Waals surface area contributed by atoms with Crippen molar-refractivity contribution in [2.75, 3.05) is 17.3 Å². The van der Waals surface area contributed by atoms with Crippen LogP contribution in [0.2, 0.25) is 0 Å². The second-order valence-corrected chi connectivity index (χ2v) is 6.33. The van der Waals surface area contributed by atoms with Gasteiger partial charge in [0.05, 0.1) is 22.9 Å². The highest BCUT2D eigenvalue weighted by Crippen LogP contribution is 2.47. The summed E-state index contributed by atoms with van der Waals surface area (Å²) in [6, 6.07) is 2.14. The van der Waals surface area contributed by atoms with Gasteiger partial charge in [-0.3, -0.25) is 4.79 Å². The van der Waals surface area contributed by atoms with Crippen LogP contribution in [0.15, 0.2) is 6.20 Å². The molecule has 4 rings (SSSR count). The average Bonchev–Trinajstić information content (AvgIpc) is 3.34. The monoisotopic (exact) mass is 323 g/mol. The Bertz CT molecular complexity index is 891. The number of carbonyl (C=O) groups excluding carboxylic acids is 1. The highest BCUT2D eigenvalue weighted by Gasteiger charge is 2.36. The molecule has 0 spiro atoms. The predicted molar refractivity (Wildman–Crippen MR) is 87.1 cm³/mol. The van der Waals surface area contributed by atoms with Crippen molar-refractivity contribution in [2.24, 2.45) is 13.0 Å². The van der Waals surface area contributed by atoms with Crippen molar-refractivity contribution >= 4 is 17.4 Å². The Morgan fingerprint density at radius 1 is 1.38 bits per heavy atom. The molecular formula is C16H17N7O. The molecule has 0 radical (unpaired) electrons. The summed E-state index contributed by atoms with van der Waals surface area (Å²) in [6.07, 6.45) is 3.33. The van der Waals surface area contributed by atoms with Crippen molar-refractivity contribution in [1.82, 2.24) is 20.0 Å². The molecule has 1 N–H and O–H groups in total. The van der Waals surface area contributed by atoms with Crippen LogP contribution in [0, 0.1) is 17.2 Å². The number of anilines is 2. The third kappa shape index (κ3) is 2.05. The van der Waals surface area contributed by atoms with Gasteiger partial charge in [-0.05, 0) is 19.8 Å². The number of hydrogen-bond donors (Lipinski definition) is 1. The zero-order valence-electron chi connectivity index (χ0n) is 13.7. The van der Waals surface area contributed by atoms with Gasteiger partial charge in [0.2, 0.25) is 5.91 Å². The molecule has 0 saturated heterocycles. The molecule has 0 bridgehead atoms. The fraction of sp³-hybridized carbons (Fsp3) is 0.438. The van der Waals surface area contributed by atoms with Crippen molar-refractivity contribution in [3.05, 3.63) is 17.5 Å². The maximum absolute atomic E-state index is 12.2. The van der Waals surface area contributed by atoms with E-state index in [2.05, 4.69) is 26.6 Å². The molecule has 122 valence electrons. The molecule has 1 saturated carbocycles. The number of hydrogen-bond acceptors (Lipinski definition) is 6. The van der Waals surface area contributed by atoms with Crippen LogP contribution < -0.4 is 10.2 Å². The third-order valence-corrected chi connectivity index (χ3v) is 4.67. The van der Waals surface area contributed by atoms with Crippen LogP contribution >= 0.6 is 0 Å². The molecule has 24 heavy (non-hydrogen) atoms. The number of nitriles is 1. The topological polar surface area (TPSA) is 99.7 Å². The molecule has 0 aromatic carbocycles. The first-order chi connectivity index (χ1) is 11.5. The van der Waals surface area contributed by atoms with E-state index in [0.29, 0.717) is 22.6 Å². The minimum Gasteiger partial charge on any atom is -0.363 e. The zero-order valence-corrected chi connectivity index (χ0v) is 13.7. The van der Waals surface area contributed by atoms with Crippen molar-refractivity contribution in [3.63, 3.8) is 0 Å². The van der Waals surface area contributed by atoms with Crippen LogP contribution in [0.4, 0.5) is 11.5 Å². The minimum absolute atomic E-state index is 0.0135. The first-order valence-corrected chi connectivity index (χ1v) is 7.89. The number of amides is 1. The van der Waals surface area contributed by atoms with Gasteiger partial charge >= 0.3 is 0 Å². The normalized spacial score (nSPS) is 18.6. The molecule has 1 unspecified atom stereocenters. The summed E-state index contributed by atoms with van der Waals surface area (Å²) < 4.78 is 0. The number of carbonyl (C=O) groups is 1. The van der Waals surface area contributed by atoms with Crippen molar-refractivity contribution in [3.8, 4) is 17.3 Å². The van der Waals surface area contributed by atoms with Gasteiger partial charge in [0.15, 0.2) is 5.82 Å². The van der Waals surface area contributed by atoms with Crippen LogP contribution in [0.5, 0.6) is 0 Å². The Labute approximate surface area is 139 Å². The third-order valence-electron chi connectivity index (χ3n) is 4.67. The van der Waals surface area contributed by atoms with Gasteiger partial charge in [0.1, 0.15) is 17.5 Å². The lowest BCUT2D eigenvalue weighted by atomic mass is 9.95. The predicted octanol–water partition coefficient (Wildman–Crippen LogP) is 1.61. The van der Waals surface area contributed by atoms with Gasteiger partial charge in [-0.25, -0.2) is 4.98 Å². The van der Waals surface area contributed by atoms with E-state index in [1.54, 1.807) is 7.05 Å². The summed E-state index contributed by atoms with van der Waals surface area (Å²) in [5.74, 6) is 0.545. The van der Waals surface area contributed by atoms with Gasteiger partial charge in [0.25, 0.3) is 0 Å². The lowest BCUT2D eigenvalue weighted by Crippen LogP contribution is -2.29. The Morgan fingerprint density at radius 3 is 2.79 bits per heavy atom. The fourth-order valence-corrected chi connectivity index (χ4v) is 3.08. The molecule has 2 aliphatic rings. The maximum Gasteiger partial charge on any atom is 0.228 e. The number of aryl methyl sites for hydroxylation is 1. The molecule has 1 aliphatic carbocycles. The number of nitrogens with one attached hydrogen (secondary N) is 1. The number of aromatic nitrogens is 4. The van der Waals surface area contributed by atoms with Crippen molar-refractivity contribution in [2.45, 2.75) is 25.8 Å². The number of nitrogens with zero attached hydrogens (tertiary/aromatic N) is 6. The number of fused-ring (bicyclic) bond motifs is 3. The van der Waals surface area contributed by atoms with Crippen LogP contribution in [0.25, 0.3) is 11.3 Å². The lowest BCUT2D eigenvalue weighted by Gasteiger charge is -2.33. The average molecular weight is 323 g/mol. The highest BCUT2D eigenvalue weighted by molar-refractivity contribution is 6.00. The quantitative estimate of drug-likeness (QED) is 0.901. The van der Waals surface area contributed by atoms with Gasteiger partial charge in [-0.2, -0.15) is 20.3 Å². The van der Waals surface area contributed by atoms with Crippen LogP contribution in [-0.2, 0) is 11.8 Å². The molecule has 1 aliphatic heterocycles. The van der Waals surface area contributed by atoms with E-state index < -0.39 is 0 Å². The van der Waals surface area contributed by atoms with E-state index >= 15 is 0 Å². The van der Waals surface area contributed by atoms with Crippen molar-refractivity contribution in [1.29, 1.82) is 5.26 Å². The smallest absolute Gasteiger partial charge is 0.228 e. The second kappa shape index (κ2) is 5.03. The second-order valence-electron chi connectivity index (χ2n) is 6.33. The van der Waals surface area contributed by atoms with Crippen LogP contribution in [-0.4, -0.2) is 32.9 Å². The Hall–Kier alpha value is -2.95. The van der Waals surface area contributed by atoms with E-state index in [4.69, 9.17) is 0 Å². The largest absolute Gasteiger partial charge is 0.363 e. The molecule has 3 heterocycles. The van der Waals surface area contributed by atoms with Crippen molar-refractivity contribution < 1.29 is 4.79 Å². The standard InChI is InChI=1S/C16H17N7O/c1-8-12-13(21-23(3)20-12)11-10(6-17)7-18-15(14(11)22(8)2)19-16(24)9-4-5-9/h7-9H,4-5H2,1-3H3,(H,18,19,24). The Balaban J connectivity index is 1.92. The van der Waals surface area contributed by atoms with Gasteiger partial charge in [0, 0.05) is 26.2 Å². The molecule has 2 aromatic rings. The summed E-state index contributed by atoms with van der Waals surface area (Å²) in [4.78, 5) is 20.0. The molecule has 8 nitrogen and oxygen atoms in total. The van der Waals surface area contributed by atoms with Gasteiger partial charge < -0.3 is 10.2 Å². The van der Waals surface area contributed by atoms with Crippen LogP contribution in [0.3, 0.4) is 0 Å². The summed E-state index contributed by atoms with van der Waals surface area (Å²) in [6.45, 7) is 2.02. The molecule has 2 aromatic heterocycles. The SMILES string of the molecule is CC1c2nn(C)nc2-c2c(C#N)cnc(NC(=O)C3CC3)c2N1C. The maximum atomic E-state index is 12.2. The molecule has 1 atom stereocenters. The first kappa shape index (κ1) is 14.6. The molecule has 8 heteroatoms. The van der Waals surface area contributed by atoms with E-state index in [9.17, 15) is 10.1 Å². The van der Waals surface area contributed by atoms with E-state index in [0.717, 1.165) is 24.2 Å². The molecular weight excluding hydrogens is 306 g/mol. The Kier molecular flexibility index (Phi) is 3.06. The van der Waals surface area contributed by atoms with E-state index in [1.165, 1.54) is 11.0 Å². The summed E-state index contributed by atoms with van der Waals surface area (Å²) in [5.41, 5.74) is 3.33. The van der Waals surface area contributed by atoms with E-state index in [-0.39, 0.29) is 17.9 Å². The summed E-state index contributed by atoms with van der Waals surface area (Å²) in [7, 11) is 3.67. The molecule has 1 amide bonds. The highest BCUT2D eigenvalue weighted by atomic mass is 16.2. The summed E-state index contributed by atoms with van der Waals surface area (Å²) in [5, 5.41) is 21.3. The number of pyridine rings is 1. The van der Waals surface area contributed by atoms with Gasteiger partial charge in [-0.1, -0.05) is 0 Å². The fourth-order valence-electron chi connectivity index (χ4n) is 3.08. The van der Waals surface area contributed by atoms with Gasteiger partial charge in [-0.15, -0.1) is 0 Å². The Morgan fingerprint density at radius 2 is 2.12 bits per heavy atom. The molecule has 1 fully saturated rings. The zero-order chi connectivity index (χ0) is 17.0. The minimum atomic E-state index is -0.0338. The summed E-state index contributed by atoms with van der Waals surface area (Å²) >= 11 is 0. The van der Waals surface area contributed by atoms with Crippen LogP contribution in [0.1, 0.15) is 37.1 Å². The van der Waals surface area contributed by atoms with E-state index in [1.807, 2.05) is 18.9 Å².